The molecule has 1 heterocycles. The molecule has 1 N–H and O–H groups in total. The Balaban J connectivity index is 1.58. The molecule has 0 aliphatic heterocycles. The summed E-state index contributed by atoms with van der Waals surface area (Å²) in [5.74, 6) is -0.452. The molecule has 3 aromatic rings. The van der Waals surface area contributed by atoms with Crippen LogP contribution in [0.15, 0.2) is 78.9 Å². The summed E-state index contributed by atoms with van der Waals surface area (Å²) >= 11 is 0. The Hall–Kier alpha value is -3.47. The quantitative estimate of drug-likeness (QED) is 0.659. The predicted octanol–water partition coefficient (Wildman–Crippen LogP) is 4.60. The van der Waals surface area contributed by atoms with Crippen LogP contribution in [0, 0.1) is 0 Å². The lowest BCUT2D eigenvalue weighted by Gasteiger charge is -2.23. The fraction of sp³-hybridized carbons (Fsp3) is 0.240. The number of para-hydroxylation sites is 1. The number of carbonyl (C=O) groups excluding carboxylic acids is 2. The van der Waals surface area contributed by atoms with Gasteiger partial charge in [-0.25, -0.2) is 4.98 Å². The number of anilines is 1. The molecule has 1 aliphatic rings. The molecule has 0 bridgehead atoms. The minimum absolute atomic E-state index is 0.206. The van der Waals surface area contributed by atoms with Crippen molar-refractivity contribution in [3.8, 4) is 0 Å². The Morgan fingerprint density at radius 3 is 2.17 bits per heavy atom. The molecule has 1 fully saturated rings. The standard InChI is InChI=1S/C25H25N3O2/c29-24(26-20-12-7-8-13-20)22-16-9-17-23(27-22)25(30)28(21-14-5-2-6-15-21)18-19-10-3-1-4-11-19/h1-6,9-11,14-17,20H,7-8,12-13,18H2,(H,26,29). The molecular formula is C25H25N3O2. The van der Waals surface area contributed by atoms with Gasteiger partial charge >= 0.3 is 0 Å². The van der Waals surface area contributed by atoms with E-state index in [9.17, 15) is 9.59 Å². The van der Waals surface area contributed by atoms with E-state index in [2.05, 4.69) is 10.3 Å². The summed E-state index contributed by atoms with van der Waals surface area (Å²) in [4.78, 5) is 32.1. The van der Waals surface area contributed by atoms with Gasteiger partial charge in [0, 0.05) is 11.7 Å². The van der Waals surface area contributed by atoms with E-state index in [0.29, 0.717) is 6.54 Å². The Morgan fingerprint density at radius 2 is 1.47 bits per heavy atom. The maximum absolute atomic E-state index is 13.4. The molecule has 0 spiro atoms. The number of hydrogen-bond donors (Lipinski definition) is 1. The number of aromatic nitrogens is 1. The average Bonchev–Trinajstić information content (AvgIpc) is 3.31. The van der Waals surface area contributed by atoms with E-state index in [-0.39, 0.29) is 29.2 Å². The maximum atomic E-state index is 13.4. The SMILES string of the molecule is O=C(NC1CCCC1)c1cccc(C(=O)N(Cc2ccccc2)c2ccccc2)n1. The third-order valence-corrected chi connectivity index (χ3v) is 5.39. The van der Waals surface area contributed by atoms with Crippen LogP contribution in [-0.2, 0) is 6.54 Å². The van der Waals surface area contributed by atoms with Crippen molar-refractivity contribution in [3.05, 3.63) is 95.8 Å². The summed E-state index contributed by atoms with van der Waals surface area (Å²) in [5, 5.41) is 3.04. The van der Waals surface area contributed by atoms with Crippen LogP contribution in [-0.4, -0.2) is 22.8 Å². The Labute approximate surface area is 176 Å². The lowest BCUT2D eigenvalue weighted by Crippen LogP contribution is -2.34. The molecule has 5 nitrogen and oxygen atoms in total. The van der Waals surface area contributed by atoms with Crippen molar-refractivity contribution in [2.24, 2.45) is 0 Å². The van der Waals surface area contributed by atoms with E-state index in [1.807, 2.05) is 60.7 Å². The second-order valence-corrected chi connectivity index (χ2v) is 7.58. The molecule has 0 radical (unpaired) electrons. The molecule has 4 rings (SSSR count). The van der Waals surface area contributed by atoms with E-state index in [4.69, 9.17) is 0 Å². The highest BCUT2D eigenvalue weighted by molar-refractivity contribution is 6.05. The van der Waals surface area contributed by atoms with Gasteiger partial charge in [0.05, 0.1) is 6.54 Å². The van der Waals surface area contributed by atoms with E-state index in [0.717, 1.165) is 36.9 Å². The zero-order chi connectivity index (χ0) is 20.8. The molecular weight excluding hydrogens is 374 g/mol. The fourth-order valence-corrected chi connectivity index (χ4v) is 3.80. The van der Waals surface area contributed by atoms with Crippen molar-refractivity contribution in [1.29, 1.82) is 0 Å². The lowest BCUT2D eigenvalue weighted by molar-refractivity contribution is 0.0932. The van der Waals surface area contributed by atoms with Crippen molar-refractivity contribution in [3.63, 3.8) is 0 Å². The molecule has 2 aromatic carbocycles. The minimum atomic E-state index is -0.236. The monoisotopic (exact) mass is 399 g/mol. The maximum Gasteiger partial charge on any atom is 0.277 e. The first kappa shape index (κ1) is 19.8. The number of hydrogen-bond acceptors (Lipinski definition) is 3. The Bertz CT molecular complexity index is 999. The number of rotatable bonds is 6. The van der Waals surface area contributed by atoms with Crippen LogP contribution in [0.5, 0.6) is 0 Å². The van der Waals surface area contributed by atoms with E-state index in [1.54, 1.807) is 23.1 Å². The van der Waals surface area contributed by atoms with Gasteiger partial charge in [-0.2, -0.15) is 0 Å². The molecule has 1 aliphatic carbocycles. The Morgan fingerprint density at radius 1 is 0.833 bits per heavy atom. The van der Waals surface area contributed by atoms with Gasteiger partial charge in [0.1, 0.15) is 11.4 Å². The second kappa shape index (κ2) is 9.35. The van der Waals surface area contributed by atoms with Gasteiger partial charge in [-0.05, 0) is 42.7 Å². The first-order chi connectivity index (χ1) is 14.7. The summed E-state index contributed by atoms with van der Waals surface area (Å²) in [5.41, 5.74) is 2.34. The number of benzene rings is 2. The van der Waals surface area contributed by atoms with Gasteiger partial charge < -0.3 is 10.2 Å². The van der Waals surface area contributed by atoms with Crippen molar-refractivity contribution in [2.75, 3.05) is 4.90 Å². The zero-order valence-electron chi connectivity index (χ0n) is 16.8. The average molecular weight is 399 g/mol. The highest BCUT2D eigenvalue weighted by atomic mass is 16.2. The molecule has 5 heteroatoms. The molecule has 0 saturated heterocycles. The van der Waals surface area contributed by atoms with Gasteiger partial charge in [0.15, 0.2) is 0 Å². The molecule has 30 heavy (non-hydrogen) atoms. The first-order valence-electron chi connectivity index (χ1n) is 10.4. The number of nitrogens with zero attached hydrogens (tertiary/aromatic N) is 2. The first-order valence-corrected chi connectivity index (χ1v) is 10.4. The molecule has 1 aromatic heterocycles. The van der Waals surface area contributed by atoms with E-state index >= 15 is 0 Å². The summed E-state index contributed by atoms with van der Waals surface area (Å²) in [6, 6.07) is 24.6. The number of amides is 2. The van der Waals surface area contributed by atoms with Crippen molar-refractivity contribution < 1.29 is 9.59 Å². The predicted molar refractivity (Wildman–Crippen MR) is 117 cm³/mol. The van der Waals surface area contributed by atoms with Crippen LogP contribution in [0.1, 0.15) is 52.2 Å². The smallest absolute Gasteiger partial charge is 0.277 e. The second-order valence-electron chi connectivity index (χ2n) is 7.58. The summed E-state index contributed by atoms with van der Waals surface area (Å²) in [7, 11) is 0. The highest BCUT2D eigenvalue weighted by Gasteiger charge is 2.22. The van der Waals surface area contributed by atoms with Crippen molar-refractivity contribution in [1.82, 2.24) is 10.3 Å². The van der Waals surface area contributed by atoms with Crippen LogP contribution in [0.4, 0.5) is 5.69 Å². The van der Waals surface area contributed by atoms with Gasteiger partial charge in [0.2, 0.25) is 0 Å². The van der Waals surface area contributed by atoms with Crippen LogP contribution >= 0.6 is 0 Å². The zero-order valence-corrected chi connectivity index (χ0v) is 16.8. The van der Waals surface area contributed by atoms with Gasteiger partial charge in [0.25, 0.3) is 11.8 Å². The summed E-state index contributed by atoms with van der Waals surface area (Å²) in [6.07, 6.45) is 4.29. The number of nitrogens with one attached hydrogen (secondary N) is 1. The van der Waals surface area contributed by atoms with Crippen molar-refractivity contribution >= 4 is 17.5 Å². The molecule has 0 unspecified atom stereocenters. The summed E-state index contributed by atoms with van der Waals surface area (Å²) in [6.45, 7) is 0.421. The van der Waals surface area contributed by atoms with Crippen LogP contribution < -0.4 is 10.2 Å². The van der Waals surface area contributed by atoms with Crippen LogP contribution in [0.25, 0.3) is 0 Å². The highest BCUT2D eigenvalue weighted by Crippen LogP contribution is 2.20. The van der Waals surface area contributed by atoms with Crippen LogP contribution in [0.3, 0.4) is 0 Å². The van der Waals surface area contributed by atoms with Crippen LogP contribution in [0.2, 0.25) is 0 Å². The minimum Gasteiger partial charge on any atom is -0.348 e. The number of carbonyl (C=O) groups is 2. The van der Waals surface area contributed by atoms with Gasteiger partial charge in [-0.15, -0.1) is 0 Å². The fourth-order valence-electron chi connectivity index (χ4n) is 3.80. The van der Waals surface area contributed by atoms with Crippen molar-refractivity contribution in [2.45, 2.75) is 38.3 Å². The molecule has 0 atom stereocenters. The third kappa shape index (κ3) is 4.74. The van der Waals surface area contributed by atoms with Gasteiger partial charge in [-0.1, -0.05) is 67.4 Å². The van der Waals surface area contributed by atoms with E-state index < -0.39 is 0 Å². The number of pyridine rings is 1. The molecule has 152 valence electrons. The molecule has 1 saturated carbocycles. The largest absolute Gasteiger partial charge is 0.348 e. The normalized spacial score (nSPS) is 13.7. The summed E-state index contributed by atoms with van der Waals surface area (Å²) < 4.78 is 0. The lowest BCUT2D eigenvalue weighted by atomic mass is 10.1. The van der Waals surface area contributed by atoms with E-state index in [1.165, 1.54) is 0 Å². The Kier molecular flexibility index (Phi) is 6.18. The third-order valence-electron chi connectivity index (χ3n) is 5.39. The topological polar surface area (TPSA) is 62.3 Å². The molecule has 2 amide bonds. The van der Waals surface area contributed by atoms with Gasteiger partial charge in [-0.3, -0.25) is 9.59 Å².